The van der Waals surface area contributed by atoms with Crippen LogP contribution >= 0.6 is 0 Å². The van der Waals surface area contributed by atoms with Crippen LogP contribution in [0.25, 0.3) is 0 Å². The Hall–Kier alpha value is -2.35. The normalized spacial score (nSPS) is 27.3. The number of amides is 1. The summed E-state index contributed by atoms with van der Waals surface area (Å²) in [6, 6.07) is 5.73. The third-order valence-electron chi connectivity index (χ3n) is 6.50. The van der Waals surface area contributed by atoms with Gasteiger partial charge in [-0.25, -0.2) is 4.98 Å². The van der Waals surface area contributed by atoms with Gasteiger partial charge in [-0.2, -0.15) is 13.2 Å². The van der Waals surface area contributed by atoms with E-state index in [1.807, 2.05) is 0 Å². The van der Waals surface area contributed by atoms with Gasteiger partial charge in [-0.15, -0.1) is 0 Å². The monoisotopic (exact) mass is 391 g/mol. The van der Waals surface area contributed by atoms with Crippen LogP contribution in [0.15, 0.2) is 35.1 Å². The zero-order valence-corrected chi connectivity index (χ0v) is 15.1. The quantitative estimate of drug-likeness (QED) is 0.821. The molecule has 1 aromatic heterocycles. The summed E-state index contributed by atoms with van der Waals surface area (Å²) in [4.78, 5) is 16.8. The highest BCUT2D eigenvalue weighted by Gasteiger charge is 2.51. The van der Waals surface area contributed by atoms with E-state index in [0.29, 0.717) is 29.0 Å². The van der Waals surface area contributed by atoms with Crippen molar-refractivity contribution in [1.29, 1.82) is 0 Å². The minimum Gasteiger partial charge on any atom is -0.447 e. The molecule has 1 amide bonds. The molecule has 5 nitrogen and oxygen atoms in total. The first kappa shape index (κ1) is 17.7. The summed E-state index contributed by atoms with van der Waals surface area (Å²) in [7, 11) is 0. The van der Waals surface area contributed by atoms with Gasteiger partial charge in [0.1, 0.15) is 5.76 Å². The summed E-state index contributed by atoms with van der Waals surface area (Å²) in [5.74, 6) is 0.951. The predicted octanol–water partition coefficient (Wildman–Crippen LogP) is 3.23. The molecule has 1 aromatic carbocycles. The van der Waals surface area contributed by atoms with Crippen LogP contribution in [-0.2, 0) is 11.6 Å². The molecular weight excluding hydrogens is 371 g/mol. The fourth-order valence-corrected chi connectivity index (χ4v) is 4.61. The number of alkyl halides is 3. The fourth-order valence-electron chi connectivity index (χ4n) is 4.61. The van der Waals surface area contributed by atoms with Gasteiger partial charge in [0, 0.05) is 23.9 Å². The lowest BCUT2D eigenvalue weighted by Crippen LogP contribution is -2.37. The molecule has 3 atom stereocenters. The van der Waals surface area contributed by atoms with Crippen molar-refractivity contribution in [3.63, 3.8) is 0 Å². The first-order valence-electron chi connectivity index (χ1n) is 9.50. The van der Waals surface area contributed by atoms with Gasteiger partial charge >= 0.3 is 6.18 Å². The molecule has 2 saturated heterocycles. The van der Waals surface area contributed by atoms with Crippen LogP contribution < -0.4 is 10.6 Å². The average Bonchev–Trinajstić information content (AvgIpc) is 3.04. The highest BCUT2D eigenvalue weighted by atomic mass is 19.4. The number of nitrogens with one attached hydrogen (secondary N) is 2. The minimum absolute atomic E-state index is 0.182. The Morgan fingerprint density at radius 3 is 2.82 bits per heavy atom. The number of halogens is 3. The molecule has 4 fully saturated rings. The van der Waals surface area contributed by atoms with Crippen LogP contribution in [0, 0.1) is 5.92 Å². The molecule has 0 radical (unpaired) electrons. The van der Waals surface area contributed by atoms with E-state index in [1.165, 1.54) is 18.5 Å². The third-order valence-corrected chi connectivity index (χ3v) is 6.50. The first-order chi connectivity index (χ1) is 13.4. The summed E-state index contributed by atoms with van der Waals surface area (Å²) in [5, 5.41) is 6.27. The largest absolute Gasteiger partial charge is 0.447 e. The molecule has 2 N–H and O–H groups in total. The lowest BCUT2D eigenvalue weighted by atomic mass is 9.72. The van der Waals surface area contributed by atoms with Gasteiger partial charge in [-0.05, 0) is 43.4 Å². The van der Waals surface area contributed by atoms with Gasteiger partial charge < -0.3 is 15.1 Å². The first-order valence-corrected chi connectivity index (χ1v) is 9.50. The zero-order valence-electron chi connectivity index (χ0n) is 15.1. The summed E-state index contributed by atoms with van der Waals surface area (Å²) in [5.41, 5.74) is -0.181. The number of hydrogen-bond acceptors (Lipinski definition) is 4. The van der Waals surface area contributed by atoms with E-state index in [-0.39, 0.29) is 18.4 Å². The summed E-state index contributed by atoms with van der Waals surface area (Å²) in [6.07, 6.45) is -0.498. The van der Waals surface area contributed by atoms with Crippen LogP contribution in [0.5, 0.6) is 0 Å². The second-order valence-corrected chi connectivity index (χ2v) is 8.14. The number of hydrogen-bond donors (Lipinski definition) is 2. The highest BCUT2D eigenvalue weighted by Crippen LogP contribution is 2.49. The summed E-state index contributed by atoms with van der Waals surface area (Å²) in [6.45, 7) is 1.21. The number of aromatic nitrogens is 1. The van der Waals surface area contributed by atoms with E-state index >= 15 is 0 Å². The van der Waals surface area contributed by atoms with Crippen molar-refractivity contribution in [3.8, 4) is 0 Å². The van der Waals surface area contributed by atoms with Crippen molar-refractivity contribution in [2.45, 2.75) is 42.8 Å². The van der Waals surface area contributed by atoms with Crippen molar-refractivity contribution in [3.05, 3.63) is 53.2 Å². The van der Waals surface area contributed by atoms with Crippen LogP contribution in [0.4, 0.5) is 13.2 Å². The van der Waals surface area contributed by atoms with Gasteiger partial charge in [-0.3, -0.25) is 4.79 Å². The van der Waals surface area contributed by atoms with Crippen molar-refractivity contribution < 1.29 is 22.4 Å². The molecule has 2 aliphatic heterocycles. The number of oxazole rings is 1. The molecule has 0 spiro atoms. The Labute approximate surface area is 159 Å². The van der Waals surface area contributed by atoms with Gasteiger partial charge in [0.15, 0.2) is 12.1 Å². The standard InChI is InChI=1S/C20H20F3N3O2/c21-20(22,23)13-3-1-2-12(7-13)19(4-5-19)9-25-18(27)16-17(28-10-26-16)15-11-6-14(15)24-8-11/h1-3,7,10-11,14-15,24H,4-6,8-9H2,(H,25,27). The maximum atomic E-state index is 13.0. The maximum absolute atomic E-state index is 13.0. The Kier molecular flexibility index (Phi) is 3.84. The number of benzene rings is 1. The number of carbonyl (C=O) groups is 1. The van der Waals surface area contributed by atoms with Crippen LogP contribution in [-0.4, -0.2) is 30.0 Å². The Morgan fingerprint density at radius 2 is 2.18 bits per heavy atom. The van der Waals surface area contributed by atoms with Gasteiger partial charge in [0.25, 0.3) is 5.91 Å². The van der Waals surface area contributed by atoms with Crippen molar-refractivity contribution in [2.75, 3.05) is 13.1 Å². The molecule has 6 rings (SSSR count). The smallest absolute Gasteiger partial charge is 0.416 e. The Morgan fingerprint density at radius 1 is 1.36 bits per heavy atom. The molecule has 3 unspecified atom stereocenters. The third kappa shape index (κ3) is 2.82. The topological polar surface area (TPSA) is 67.2 Å². The summed E-state index contributed by atoms with van der Waals surface area (Å²) >= 11 is 0. The van der Waals surface area contributed by atoms with E-state index in [1.54, 1.807) is 6.07 Å². The van der Waals surface area contributed by atoms with Crippen LogP contribution in [0.1, 0.15) is 52.6 Å². The molecule has 8 heteroatoms. The Bertz CT molecular complexity index is 905. The molecule has 3 heterocycles. The molecule has 28 heavy (non-hydrogen) atoms. The van der Waals surface area contributed by atoms with E-state index in [0.717, 1.165) is 31.9 Å². The number of fused-ring (bicyclic) bond motifs is 1. The van der Waals surface area contributed by atoms with Crippen LogP contribution in [0.3, 0.4) is 0 Å². The molecule has 4 aliphatic rings. The molecule has 2 aliphatic carbocycles. The molecule has 2 bridgehead atoms. The van der Waals surface area contributed by atoms with Crippen molar-refractivity contribution in [2.24, 2.45) is 5.92 Å². The van der Waals surface area contributed by atoms with E-state index < -0.39 is 17.2 Å². The number of rotatable bonds is 5. The predicted molar refractivity (Wildman–Crippen MR) is 93.8 cm³/mol. The van der Waals surface area contributed by atoms with Gasteiger partial charge in [-0.1, -0.05) is 18.2 Å². The van der Waals surface area contributed by atoms with Gasteiger partial charge in [0.2, 0.25) is 0 Å². The van der Waals surface area contributed by atoms with Crippen molar-refractivity contribution >= 4 is 5.91 Å². The van der Waals surface area contributed by atoms with Gasteiger partial charge in [0.05, 0.1) is 5.56 Å². The minimum atomic E-state index is -4.37. The lowest BCUT2D eigenvalue weighted by Gasteiger charge is -2.32. The number of nitrogens with zero attached hydrogens (tertiary/aromatic N) is 1. The van der Waals surface area contributed by atoms with E-state index in [2.05, 4.69) is 15.6 Å². The summed E-state index contributed by atoms with van der Waals surface area (Å²) < 4.78 is 44.5. The Balaban J connectivity index is 1.30. The molecule has 2 aromatic rings. The number of carbonyl (C=O) groups excluding carboxylic acids is 1. The van der Waals surface area contributed by atoms with Crippen LogP contribution in [0.2, 0.25) is 0 Å². The molecule has 148 valence electrons. The second kappa shape index (κ2) is 6.07. The highest BCUT2D eigenvalue weighted by molar-refractivity contribution is 5.93. The lowest BCUT2D eigenvalue weighted by molar-refractivity contribution is -0.137. The maximum Gasteiger partial charge on any atom is 0.416 e. The van der Waals surface area contributed by atoms with Crippen molar-refractivity contribution in [1.82, 2.24) is 15.6 Å². The molecular formula is C20H20F3N3O2. The molecule has 2 saturated carbocycles. The SMILES string of the molecule is O=C(NCC1(c2cccc(C(F)(F)F)c2)CC1)c1ncoc1C1C2CNC1C2. The second-order valence-electron chi connectivity index (χ2n) is 8.14. The van der Waals surface area contributed by atoms with E-state index in [4.69, 9.17) is 4.42 Å². The zero-order chi connectivity index (χ0) is 19.5. The fraction of sp³-hybridized carbons (Fsp3) is 0.500. The average molecular weight is 391 g/mol. The van der Waals surface area contributed by atoms with E-state index in [9.17, 15) is 18.0 Å².